The Bertz CT molecular complexity index is 651. The lowest BCUT2D eigenvalue weighted by Crippen LogP contribution is -2.20. The summed E-state index contributed by atoms with van der Waals surface area (Å²) in [7, 11) is 0. The largest absolute Gasteiger partial charge is 0.484 e. The van der Waals surface area contributed by atoms with Crippen LogP contribution in [0.4, 0.5) is 5.69 Å². The van der Waals surface area contributed by atoms with Gasteiger partial charge in [-0.3, -0.25) is 4.79 Å². The Morgan fingerprint density at radius 2 is 2.00 bits per heavy atom. The molecule has 2 aromatic rings. The van der Waals surface area contributed by atoms with Crippen LogP contribution in [0.1, 0.15) is 11.1 Å². The maximum atomic E-state index is 11.9. The zero-order valence-corrected chi connectivity index (χ0v) is 13.3. The topological polar surface area (TPSA) is 50.4 Å². The van der Waals surface area contributed by atoms with E-state index in [-0.39, 0.29) is 12.5 Å². The molecule has 0 fully saturated rings. The Morgan fingerprint density at radius 3 is 2.74 bits per heavy atom. The van der Waals surface area contributed by atoms with Crippen LogP contribution >= 0.6 is 0 Å². The van der Waals surface area contributed by atoms with Crippen molar-refractivity contribution in [3.05, 3.63) is 72.3 Å². The van der Waals surface area contributed by atoms with Crippen molar-refractivity contribution in [1.82, 2.24) is 5.32 Å². The number of rotatable bonds is 8. The van der Waals surface area contributed by atoms with Gasteiger partial charge in [0.25, 0.3) is 5.91 Å². The smallest absolute Gasteiger partial charge is 0.262 e. The summed E-state index contributed by atoms with van der Waals surface area (Å²) in [5, 5.41) is 6.04. The standard InChI is InChI=1S/C19H22N2O2/c1-3-11-20-13-16-5-4-6-18(12-16)23-14-19(22)21-17-9-7-15(2)8-10-17/h3-10,12,20H,1,11,13-14H2,2H3,(H,21,22). The predicted octanol–water partition coefficient (Wildman–Crippen LogP) is 3.29. The molecule has 2 N–H and O–H groups in total. The molecule has 0 atom stereocenters. The fourth-order valence-electron chi connectivity index (χ4n) is 2.05. The Kier molecular flexibility index (Phi) is 6.39. The molecule has 1 amide bonds. The lowest BCUT2D eigenvalue weighted by atomic mass is 10.2. The average molecular weight is 310 g/mol. The highest BCUT2D eigenvalue weighted by atomic mass is 16.5. The molecule has 0 heterocycles. The zero-order chi connectivity index (χ0) is 16.5. The van der Waals surface area contributed by atoms with Crippen LogP contribution in [0.15, 0.2) is 61.2 Å². The Balaban J connectivity index is 1.82. The molecule has 0 aliphatic heterocycles. The molecule has 0 aromatic heterocycles. The fraction of sp³-hybridized carbons (Fsp3) is 0.211. The van der Waals surface area contributed by atoms with Gasteiger partial charge in [-0.1, -0.05) is 35.9 Å². The highest BCUT2D eigenvalue weighted by Gasteiger charge is 2.04. The molecule has 0 aliphatic carbocycles. The summed E-state index contributed by atoms with van der Waals surface area (Å²) in [5.74, 6) is 0.506. The van der Waals surface area contributed by atoms with Crippen LogP contribution in [0, 0.1) is 6.92 Å². The van der Waals surface area contributed by atoms with Gasteiger partial charge in [0.05, 0.1) is 0 Å². The molecule has 0 aliphatic rings. The number of carbonyl (C=O) groups excluding carboxylic acids is 1. The first-order valence-electron chi connectivity index (χ1n) is 7.57. The monoisotopic (exact) mass is 310 g/mol. The van der Waals surface area contributed by atoms with Crippen LogP contribution < -0.4 is 15.4 Å². The van der Waals surface area contributed by atoms with Crippen LogP contribution in [0.5, 0.6) is 5.75 Å². The fourth-order valence-corrected chi connectivity index (χ4v) is 2.05. The molecule has 2 aromatic carbocycles. The molecule has 23 heavy (non-hydrogen) atoms. The molecule has 0 saturated carbocycles. The van der Waals surface area contributed by atoms with Gasteiger partial charge < -0.3 is 15.4 Å². The van der Waals surface area contributed by atoms with E-state index in [2.05, 4.69) is 17.2 Å². The first kappa shape index (κ1) is 16.8. The lowest BCUT2D eigenvalue weighted by Gasteiger charge is -2.09. The van der Waals surface area contributed by atoms with Crippen molar-refractivity contribution in [2.45, 2.75) is 13.5 Å². The predicted molar refractivity (Wildman–Crippen MR) is 93.6 cm³/mol. The summed E-state index contributed by atoms with van der Waals surface area (Å²) in [5.41, 5.74) is 3.02. The van der Waals surface area contributed by atoms with E-state index in [9.17, 15) is 4.79 Å². The second kappa shape index (κ2) is 8.76. The van der Waals surface area contributed by atoms with Crippen molar-refractivity contribution in [3.8, 4) is 5.75 Å². The maximum Gasteiger partial charge on any atom is 0.262 e. The lowest BCUT2D eigenvalue weighted by molar-refractivity contribution is -0.118. The highest BCUT2D eigenvalue weighted by Crippen LogP contribution is 2.14. The summed E-state index contributed by atoms with van der Waals surface area (Å²) >= 11 is 0. The van der Waals surface area contributed by atoms with Crippen molar-refractivity contribution in [1.29, 1.82) is 0 Å². The Labute approximate surface area is 137 Å². The minimum absolute atomic E-state index is 0.0165. The van der Waals surface area contributed by atoms with Crippen LogP contribution in [-0.2, 0) is 11.3 Å². The van der Waals surface area contributed by atoms with E-state index in [0.717, 1.165) is 29.9 Å². The number of nitrogens with one attached hydrogen (secondary N) is 2. The maximum absolute atomic E-state index is 11.9. The van der Waals surface area contributed by atoms with Crippen LogP contribution in [0.2, 0.25) is 0 Å². The molecule has 0 saturated heterocycles. The minimum Gasteiger partial charge on any atom is -0.484 e. The molecule has 0 spiro atoms. The Morgan fingerprint density at radius 1 is 1.22 bits per heavy atom. The van der Waals surface area contributed by atoms with Gasteiger partial charge in [0.2, 0.25) is 0 Å². The number of hydrogen-bond acceptors (Lipinski definition) is 3. The van der Waals surface area contributed by atoms with Crippen LogP contribution in [-0.4, -0.2) is 19.1 Å². The van der Waals surface area contributed by atoms with E-state index in [4.69, 9.17) is 4.74 Å². The van der Waals surface area contributed by atoms with Crippen molar-refractivity contribution in [2.24, 2.45) is 0 Å². The second-order valence-electron chi connectivity index (χ2n) is 5.27. The van der Waals surface area contributed by atoms with E-state index in [0.29, 0.717) is 5.75 Å². The number of carbonyl (C=O) groups is 1. The van der Waals surface area contributed by atoms with Gasteiger partial charge in [-0.05, 0) is 36.8 Å². The van der Waals surface area contributed by atoms with Gasteiger partial charge in [0, 0.05) is 18.8 Å². The summed E-state index contributed by atoms with van der Waals surface area (Å²) in [6.07, 6.45) is 1.82. The summed E-state index contributed by atoms with van der Waals surface area (Å²) in [4.78, 5) is 11.9. The van der Waals surface area contributed by atoms with Crippen molar-refractivity contribution in [3.63, 3.8) is 0 Å². The highest BCUT2D eigenvalue weighted by molar-refractivity contribution is 5.91. The third kappa shape index (κ3) is 5.96. The SMILES string of the molecule is C=CCNCc1cccc(OCC(=O)Nc2ccc(C)cc2)c1. The first-order chi connectivity index (χ1) is 11.2. The van der Waals surface area contributed by atoms with Crippen molar-refractivity contribution in [2.75, 3.05) is 18.5 Å². The molecule has 4 nitrogen and oxygen atoms in total. The second-order valence-corrected chi connectivity index (χ2v) is 5.27. The van der Waals surface area contributed by atoms with E-state index in [1.165, 1.54) is 0 Å². The van der Waals surface area contributed by atoms with Gasteiger partial charge in [-0.25, -0.2) is 0 Å². The van der Waals surface area contributed by atoms with Crippen molar-refractivity contribution >= 4 is 11.6 Å². The van der Waals surface area contributed by atoms with Gasteiger partial charge in [0.1, 0.15) is 5.75 Å². The molecule has 0 unspecified atom stereocenters. The number of amides is 1. The average Bonchev–Trinajstić information content (AvgIpc) is 2.56. The first-order valence-corrected chi connectivity index (χ1v) is 7.57. The number of benzene rings is 2. The van der Waals surface area contributed by atoms with Gasteiger partial charge >= 0.3 is 0 Å². The van der Waals surface area contributed by atoms with Crippen molar-refractivity contribution < 1.29 is 9.53 Å². The molecule has 2 rings (SSSR count). The zero-order valence-electron chi connectivity index (χ0n) is 13.3. The minimum atomic E-state index is -0.177. The number of hydrogen-bond donors (Lipinski definition) is 2. The van der Waals surface area contributed by atoms with Gasteiger partial charge in [0.15, 0.2) is 6.61 Å². The third-order valence-corrected chi connectivity index (χ3v) is 3.22. The number of ether oxygens (including phenoxy) is 1. The van der Waals surface area contributed by atoms with E-state index in [1.54, 1.807) is 0 Å². The number of aryl methyl sites for hydroxylation is 1. The molecule has 4 heteroatoms. The van der Waals surface area contributed by atoms with Crippen LogP contribution in [0.3, 0.4) is 0 Å². The molecule has 120 valence electrons. The molecular formula is C19H22N2O2. The summed E-state index contributed by atoms with van der Waals surface area (Å²) in [6, 6.07) is 15.4. The third-order valence-electron chi connectivity index (χ3n) is 3.22. The van der Waals surface area contributed by atoms with E-state index in [1.807, 2.05) is 61.5 Å². The quantitative estimate of drug-likeness (QED) is 0.581. The number of anilines is 1. The van der Waals surface area contributed by atoms with Gasteiger partial charge in [-0.15, -0.1) is 6.58 Å². The summed E-state index contributed by atoms with van der Waals surface area (Å²) < 4.78 is 5.55. The van der Waals surface area contributed by atoms with E-state index >= 15 is 0 Å². The van der Waals surface area contributed by atoms with E-state index < -0.39 is 0 Å². The Hall–Kier alpha value is -2.59. The van der Waals surface area contributed by atoms with Gasteiger partial charge in [-0.2, -0.15) is 0 Å². The molecule has 0 radical (unpaired) electrons. The molecular weight excluding hydrogens is 288 g/mol. The summed E-state index contributed by atoms with van der Waals surface area (Å²) in [6.45, 7) is 7.14. The van der Waals surface area contributed by atoms with Crippen LogP contribution in [0.25, 0.3) is 0 Å². The molecule has 0 bridgehead atoms. The normalized spacial score (nSPS) is 10.1.